The quantitative estimate of drug-likeness (QED) is 0.656. The Balaban J connectivity index is 1.32. The maximum absolute atomic E-state index is 11.9. The van der Waals surface area contributed by atoms with Gasteiger partial charge in [-0.25, -0.2) is 13.1 Å². The van der Waals surface area contributed by atoms with E-state index in [0.29, 0.717) is 12.5 Å². The van der Waals surface area contributed by atoms with Crippen molar-refractivity contribution in [1.29, 1.82) is 0 Å². The number of piperidine rings is 1. The molecule has 1 aliphatic heterocycles. The van der Waals surface area contributed by atoms with Crippen LogP contribution < -0.4 is 4.72 Å². The lowest BCUT2D eigenvalue weighted by atomic mass is 9.82. The highest BCUT2D eigenvalue weighted by atomic mass is 32.2. The third-order valence-corrected chi connectivity index (χ3v) is 7.56. The minimum Gasteiger partial charge on any atom is -0.378 e. The van der Waals surface area contributed by atoms with Crippen LogP contribution >= 0.6 is 0 Å². The summed E-state index contributed by atoms with van der Waals surface area (Å²) in [5.41, 5.74) is 2.66. The van der Waals surface area contributed by atoms with E-state index < -0.39 is 10.0 Å². The lowest BCUT2D eigenvalue weighted by molar-refractivity contribution is -0.0179. The molecule has 0 spiro atoms. The van der Waals surface area contributed by atoms with Crippen LogP contribution in [-0.4, -0.2) is 56.4 Å². The van der Waals surface area contributed by atoms with Crippen LogP contribution in [0, 0.1) is 5.92 Å². The van der Waals surface area contributed by atoms with Crippen LogP contribution in [0.5, 0.6) is 0 Å². The van der Waals surface area contributed by atoms with Crippen LogP contribution in [0.3, 0.4) is 0 Å². The Kier molecular flexibility index (Phi) is 7.94. The van der Waals surface area contributed by atoms with Crippen molar-refractivity contribution < 1.29 is 13.2 Å². The Morgan fingerprint density at radius 1 is 1.03 bits per heavy atom. The Hall–Kier alpha value is -1.80. The molecule has 32 heavy (non-hydrogen) atoms. The number of ether oxygens (including phenoxy) is 1. The maximum Gasteiger partial charge on any atom is 0.208 e. The van der Waals surface area contributed by atoms with Crippen molar-refractivity contribution in [2.75, 3.05) is 26.0 Å². The molecule has 2 aliphatic rings. The number of likely N-dealkylation sites (tertiary alicyclic amines) is 1. The summed E-state index contributed by atoms with van der Waals surface area (Å²) in [6, 6.07) is 14.8. The van der Waals surface area contributed by atoms with Crippen molar-refractivity contribution in [3.63, 3.8) is 0 Å². The molecule has 2 heterocycles. The second-order valence-electron chi connectivity index (χ2n) is 9.35. The molecule has 4 rings (SSSR count). The second-order valence-corrected chi connectivity index (χ2v) is 11.1. The zero-order valence-electron chi connectivity index (χ0n) is 18.9. The summed E-state index contributed by atoms with van der Waals surface area (Å²) in [6.45, 7) is 3.15. The summed E-state index contributed by atoms with van der Waals surface area (Å²) in [5, 5.41) is 0. The second kappa shape index (κ2) is 10.9. The van der Waals surface area contributed by atoms with Crippen LogP contribution in [-0.2, 0) is 21.3 Å². The van der Waals surface area contributed by atoms with Crippen molar-refractivity contribution in [3.05, 3.63) is 66.0 Å². The normalized spacial score (nSPS) is 27.3. The van der Waals surface area contributed by atoms with Crippen molar-refractivity contribution in [3.8, 4) is 0 Å². The van der Waals surface area contributed by atoms with E-state index >= 15 is 0 Å². The molecular formula is C25H35N3O3S. The van der Waals surface area contributed by atoms with E-state index in [1.807, 2.05) is 24.5 Å². The lowest BCUT2D eigenvalue weighted by Crippen LogP contribution is -2.52. The van der Waals surface area contributed by atoms with E-state index in [9.17, 15) is 8.42 Å². The monoisotopic (exact) mass is 457 g/mol. The molecule has 0 bridgehead atoms. The molecule has 0 amide bonds. The Labute approximate surface area is 192 Å². The molecular weight excluding hydrogens is 422 g/mol. The van der Waals surface area contributed by atoms with E-state index in [2.05, 4.69) is 44.9 Å². The first-order valence-corrected chi connectivity index (χ1v) is 13.6. The number of nitrogens with one attached hydrogen (secondary N) is 1. The summed E-state index contributed by atoms with van der Waals surface area (Å²) in [4.78, 5) is 6.50. The third kappa shape index (κ3) is 6.85. The summed E-state index contributed by atoms with van der Waals surface area (Å²) in [5.74, 6) is 0.772. The molecule has 0 unspecified atom stereocenters. The van der Waals surface area contributed by atoms with Crippen molar-refractivity contribution in [1.82, 2.24) is 14.6 Å². The summed E-state index contributed by atoms with van der Waals surface area (Å²) in [6.07, 6.45) is 10.4. The molecule has 1 aromatic carbocycles. The highest BCUT2D eigenvalue weighted by molar-refractivity contribution is 7.88. The van der Waals surface area contributed by atoms with E-state index in [0.717, 1.165) is 51.7 Å². The SMILES string of the molecule is CS(=O)(=O)N[C@H]1CCN(Cc2ccncc2)C[C@H]1COC1CCC(c2ccccc2)CC1. The first-order valence-electron chi connectivity index (χ1n) is 11.7. The van der Waals surface area contributed by atoms with E-state index in [-0.39, 0.29) is 18.1 Å². The minimum absolute atomic E-state index is 0.0700. The standard InChI is InChI=1S/C25H35N3O3S/c1-32(29,30)27-25-13-16-28(17-20-11-14-26-15-12-20)18-23(25)19-31-24-9-7-22(8-10-24)21-5-3-2-4-6-21/h2-6,11-12,14-15,22-25,27H,7-10,13,16-19H2,1H3/t22?,23-,24?,25-/m0/s1. The number of benzene rings is 1. The Morgan fingerprint density at radius 2 is 1.75 bits per heavy atom. The predicted octanol–water partition coefficient (Wildman–Crippen LogP) is 3.56. The van der Waals surface area contributed by atoms with Gasteiger partial charge >= 0.3 is 0 Å². The molecule has 7 heteroatoms. The Bertz CT molecular complexity index is 931. The number of sulfonamides is 1. The zero-order valence-corrected chi connectivity index (χ0v) is 19.7. The molecule has 1 saturated carbocycles. The molecule has 0 radical (unpaired) electrons. The van der Waals surface area contributed by atoms with Crippen LogP contribution in [0.2, 0.25) is 0 Å². The van der Waals surface area contributed by atoms with Gasteiger partial charge in [0.15, 0.2) is 0 Å². The molecule has 2 fully saturated rings. The molecule has 174 valence electrons. The molecule has 1 N–H and O–H groups in total. The summed E-state index contributed by atoms with van der Waals surface area (Å²) >= 11 is 0. The van der Waals surface area contributed by atoms with Crippen molar-refractivity contribution >= 4 is 10.0 Å². The molecule has 1 aliphatic carbocycles. The number of aromatic nitrogens is 1. The van der Waals surface area contributed by atoms with Gasteiger partial charge in [-0.2, -0.15) is 0 Å². The van der Waals surface area contributed by atoms with Gasteiger partial charge in [0, 0.05) is 44.0 Å². The van der Waals surface area contributed by atoms with Gasteiger partial charge in [0.1, 0.15) is 0 Å². The van der Waals surface area contributed by atoms with Gasteiger partial charge in [-0.15, -0.1) is 0 Å². The molecule has 6 nitrogen and oxygen atoms in total. The number of nitrogens with zero attached hydrogens (tertiary/aromatic N) is 2. The van der Waals surface area contributed by atoms with Crippen LogP contribution in [0.4, 0.5) is 0 Å². The van der Waals surface area contributed by atoms with Crippen LogP contribution in [0.25, 0.3) is 0 Å². The molecule has 2 aromatic rings. The van der Waals surface area contributed by atoms with Crippen molar-refractivity contribution in [2.24, 2.45) is 5.92 Å². The number of hydrogen-bond donors (Lipinski definition) is 1. The fraction of sp³-hybridized carbons (Fsp3) is 0.560. The number of hydrogen-bond acceptors (Lipinski definition) is 5. The lowest BCUT2D eigenvalue weighted by Gasteiger charge is -2.39. The third-order valence-electron chi connectivity index (χ3n) is 6.83. The first-order chi connectivity index (χ1) is 15.5. The average molecular weight is 458 g/mol. The van der Waals surface area contributed by atoms with Gasteiger partial charge in [-0.1, -0.05) is 30.3 Å². The number of rotatable bonds is 8. The van der Waals surface area contributed by atoms with Crippen LogP contribution in [0.1, 0.15) is 49.1 Å². The summed E-state index contributed by atoms with van der Waals surface area (Å²) in [7, 11) is -3.25. The van der Waals surface area contributed by atoms with Gasteiger partial charge in [0.05, 0.1) is 19.0 Å². The predicted molar refractivity (Wildman–Crippen MR) is 127 cm³/mol. The smallest absolute Gasteiger partial charge is 0.208 e. The van der Waals surface area contributed by atoms with Crippen LogP contribution in [0.15, 0.2) is 54.9 Å². The minimum atomic E-state index is -3.25. The van der Waals surface area contributed by atoms with Gasteiger partial charge in [0.2, 0.25) is 10.0 Å². The van der Waals surface area contributed by atoms with Gasteiger partial charge < -0.3 is 4.74 Å². The number of pyridine rings is 1. The largest absolute Gasteiger partial charge is 0.378 e. The Morgan fingerprint density at radius 3 is 2.44 bits per heavy atom. The highest BCUT2D eigenvalue weighted by Crippen LogP contribution is 2.34. The summed E-state index contributed by atoms with van der Waals surface area (Å²) < 4.78 is 33.1. The fourth-order valence-electron chi connectivity index (χ4n) is 5.14. The average Bonchev–Trinajstić information content (AvgIpc) is 2.80. The molecule has 1 saturated heterocycles. The van der Waals surface area contributed by atoms with Gasteiger partial charge in [-0.3, -0.25) is 9.88 Å². The molecule has 2 atom stereocenters. The van der Waals surface area contributed by atoms with Gasteiger partial charge in [0.25, 0.3) is 0 Å². The topological polar surface area (TPSA) is 71.5 Å². The van der Waals surface area contributed by atoms with E-state index in [4.69, 9.17) is 4.74 Å². The van der Waals surface area contributed by atoms with E-state index in [1.165, 1.54) is 17.4 Å². The van der Waals surface area contributed by atoms with Crippen molar-refractivity contribution in [2.45, 2.75) is 56.7 Å². The van der Waals surface area contributed by atoms with Gasteiger partial charge in [-0.05, 0) is 61.3 Å². The fourth-order valence-corrected chi connectivity index (χ4v) is 6.00. The molecule has 1 aromatic heterocycles. The highest BCUT2D eigenvalue weighted by Gasteiger charge is 2.32. The van der Waals surface area contributed by atoms with E-state index in [1.54, 1.807) is 0 Å². The maximum atomic E-state index is 11.9. The zero-order chi connectivity index (χ0) is 22.4. The first kappa shape index (κ1) is 23.4.